The Kier molecular flexibility index (Phi) is 2.97. The van der Waals surface area contributed by atoms with Crippen molar-refractivity contribution >= 4 is 33.9 Å². The van der Waals surface area contributed by atoms with Crippen LogP contribution in [0, 0.1) is 6.92 Å². The highest BCUT2D eigenvalue weighted by Gasteiger charge is 2.05. The number of hydrogen-bond acceptors (Lipinski definition) is 5. The van der Waals surface area contributed by atoms with Crippen LogP contribution in [0.25, 0.3) is 5.65 Å². The van der Waals surface area contributed by atoms with Gasteiger partial charge in [-0.25, -0.2) is 9.97 Å². The first-order valence-electron chi connectivity index (χ1n) is 5.49. The molecule has 3 rings (SSSR count). The van der Waals surface area contributed by atoms with Gasteiger partial charge in [-0.1, -0.05) is 17.4 Å². The van der Waals surface area contributed by atoms with Crippen molar-refractivity contribution in [1.82, 2.24) is 14.4 Å². The molecule has 0 aliphatic carbocycles. The molecule has 4 nitrogen and oxygen atoms in total. The number of anilines is 1. The van der Waals surface area contributed by atoms with E-state index >= 15 is 0 Å². The lowest BCUT2D eigenvalue weighted by Crippen LogP contribution is -1.84. The molecule has 0 unspecified atom stereocenters. The largest absolute Gasteiger partial charge is 0.375 e. The highest BCUT2D eigenvalue weighted by Crippen LogP contribution is 2.29. The quantitative estimate of drug-likeness (QED) is 0.747. The molecule has 3 heterocycles. The molecule has 0 saturated carbocycles. The molecule has 0 spiro atoms. The maximum atomic E-state index is 5.60. The van der Waals surface area contributed by atoms with Gasteiger partial charge in [0.15, 0.2) is 5.13 Å². The van der Waals surface area contributed by atoms with E-state index in [0.717, 1.165) is 21.3 Å². The predicted octanol–water partition coefficient (Wildman–Crippen LogP) is 2.97. The fraction of sp³-hybridized carbons (Fsp3) is 0.167. The minimum Gasteiger partial charge on any atom is -0.375 e. The monoisotopic (exact) mass is 276 g/mol. The van der Waals surface area contributed by atoms with Gasteiger partial charge in [0.05, 0.1) is 16.1 Å². The first-order valence-corrected chi connectivity index (χ1v) is 7.30. The van der Waals surface area contributed by atoms with Crippen molar-refractivity contribution in [3.8, 4) is 0 Å². The topological polar surface area (TPSA) is 56.2 Å². The number of aryl methyl sites for hydroxylation is 1. The number of pyridine rings is 1. The van der Waals surface area contributed by atoms with E-state index in [2.05, 4.69) is 33.6 Å². The Bertz CT molecular complexity index is 686. The van der Waals surface area contributed by atoms with Crippen LogP contribution in [-0.4, -0.2) is 14.4 Å². The SMILES string of the molecule is Cc1cccn2cc(CSc3cnc(N)s3)nc12. The predicted molar refractivity (Wildman–Crippen MR) is 76.0 cm³/mol. The molecule has 0 amide bonds. The summed E-state index contributed by atoms with van der Waals surface area (Å²) in [5.41, 5.74) is 8.89. The molecule has 0 aromatic carbocycles. The number of nitrogen functional groups attached to an aromatic ring is 1. The fourth-order valence-electron chi connectivity index (χ4n) is 1.76. The number of rotatable bonds is 3. The summed E-state index contributed by atoms with van der Waals surface area (Å²) in [4.78, 5) is 8.66. The van der Waals surface area contributed by atoms with Crippen LogP contribution < -0.4 is 5.73 Å². The van der Waals surface area contributed by atoms with Crippen LogP contribution in [0.1, 0.15) is 11.3 Å². The first kappa shape index (κ1) is 11.6. The zero-order chi connectivity index (χ0) is 12.5. The number of fused-ring (bicyclic) bond motifs is 1. The van der Waals surface area contributed by atoms with E-state index in [4.69, 9.17) is 5.73 Å². The zero-order valence-electron chi connectivity index (χ0n) is 9.83. The Morgan fingerprint density at radius 1 is 1.50 bits per heavy atom. The summed E-state index contributed by atoms with van der Waals surface area (Å²) >= 11 is 3.23. The van der Waals surface area contributed by atoms with Crippen LogP contribution in [0.2, 0.25) is 0 Å². The van der Waals surface area contributed by atoms with Crippen molar-refractivity contribution in [3.63, 3.8) is 0 Å². The van der Waals surface area contributed by atoms with Crippen molar-refractivity contribution in [1.29, 1.82) is 0 Å². The lowest BCUT2D eigenvalue weighted by molar-refractivity contribution is 1.16. The van der Waals surface area contributed by atoms with E-state index in [0.29, 0.717) is 5.13 Å². The molecular weight excluding hydrogens is 264 g/mol. The number of nitrogens with zero attached hydrogens (tertiary/aromatic N) is 3. The molecule has 0 fully saturated rings. The van der Waals surface area contributed by atoms with Gasteiger partial charge in [-0.15, -0.1) is 11.8 Å². The lowest BCUT2D eigenvalue weighted by atomic mass is 10.3. The minimum absolute atomic E-state index is 0.614. The maximum Gasteiger partial charge on any atom is 0.181 e. The van der Waals surface area contributed by atoms with Gasteiger partial charge in [-0.2, -0.15) is 0 Å². The maximum absolute atomic E-state index is 5.60. The number of thioether (sulfide) groups is 1. The number of thiazole rings is 1. The van der Waals surface area contributed by atoms with Crippen molar-refractivity contribution in [2.75, 3.05) is 5.73 Å². The van der Waals surface area contributed by atoms with Crippen molar-refractivity contribution in [2.45, 2.75) is 16.9 Å². The van der Waals surface area contributed by atoms with Gasteiger partial charge >= 0.3 is 0 Å². The molecule has 0 aliphatic heterocycles. The smallest absolute Gasteiger partial charge is 0.181 e. The molecule has 92 valence electrons. The standard InChI is InChI=1S/C12H12N4S2/c1-8-3-2-4-16-6-9(15-11(8)16)7-17-10-5-14-12(13)18-10/h2-6H,7H2,1H3,(H2,13,14). The van der Waals surface area contributed by atoms with Crippen LogP contribution in [0.3, 0.4) is 0 Å². The second kappa shape index (κ2) is 4.62. The highest BCUT2D eigenvalue weighted by atomic mass is 32.2. The molecule has 6 heteroatoms. The Labute approximate surface area is 113 Å². The number of hydrogen-bond donors (Lipinski definition) is 1. The number of imidazole rings is 1. The normalized spacial score (nSPS) is 11.2. The summed E-state index contributed by atoms with van der Waals surface area (Å²) < 4.78 is 3.19. The van der Waals surface area contributed by atoms with Crippen molar-refractivity contribution in [3.05, 3.63) is 42.0 Å². The van der Waals surface area contributed by atoms with Gasteiger partial charge in [0.1, 0.15) is 5.65 Å². The molecule has 3 aromatic heterocycles. The summed E-state index contributed by atoms with van der Waals surface area (Å²) in [7, 11) is 0. The molecular formula is C12H12N4S2. The molecule has 3 aromatic rings. The van der Waals surface area contributed by atoms with Gasteiger partial charge in [-0.05, 0) is 18.6 Å². The Morgan fingerprint density at radius 2 is 2.39 bits per heavy atom. The third-order valence-electron chi connectivity index (χ3n) is 2.59. The third kappa shape index (κ3) is 2.21. The first-order chi connectivity index (χ1) is 8.72. The Morgan fingerprint density at radius 3 is 3.11 bits per heavy atom. The van der Waals surface area contributed by atoms with Crippen LogP contribution in [0.5, 0.6) is 0 Å². The molecule has 0 bridgehead atoms. The van der Waals surface area contributed by atoms with E-state index in [1.165, 1.54) is 16.9 Å². The lowest BCUT2D eigenvalue weighted by Gasteiger charge is -1.94. The molecule has 0 saturated heterocycles. The molecule has 0 aliphatic rings. The number of aromatic nitrogens is 3. The van der Waals surface area contributed by atoms with Crippen molar-refractivity contribution in [2.24, 2.45) is 0 Å². The van der Waals surface area contributed by atoms with Crippen LogP contribution >= 0.6 is 23.1 Å². The molecule has 0 radical (unpaired) electrons. The Balaban J connectivity index is 1.81. The Hall–Kier alpha value is -1.53. The second-order valence-electron chi connectivity index (χ2n) is 3.96. The third-order valence-corrected chi connectivity index (χ3v) is 4.65. The fourth-order valence-corrected chi connectivity index (χ4v) is 3.40. The molecule has 18 heavy (non-hydrogen) atoms. The molecule has 2 N–H and O–H groups in total. The average molecular weight is 276 g/mol. The summed E-state index contributed by atoms with van der Waals surface area (Å²) in [5.74, 6) is 0.836. The van der Waals surface area contributed by atoms with Crippen LogP contribution in [0.4, 0.5) is 5.13 Å². The minimum atomic E-state index is 0.614. The molecule has 0 atom stereocenters. The van der Waals surface area contributed by atoms with E-state index in [9.17, 15) is 0 Å². The van der Waals surface area contributed by atoms with E-state index in [1.807, 2.05) is 18.5 Å². The summed E-state index contributed by atoms with van der Waals surface area (Å²) in [6, 6.07) is 4.11. The summed E-state index contributed by atoms with van der Waals surface area (Å²) in [6.45, 7) is 2.07. The average Bonchev–Trinajstić information content (AvgIpc) is 2.93. The van der Waals surface area contributed by atoms with Gasteiger partial charge < -0.3 is 10.1 Å². The van der Waals surface area contributed by atoms with E-state index in [-0.39, 0.29) is 0 Å². The van der Waals surface area contributed by atoms with Crippen molar-refractivity contribution < 1.29 is 0 Å². The zero-order valence-corrected chi connectivity index (χ0v) is 11.5. The van der Waals surface area contributed by atoms with Gasteiger partial charge in [0.2, 0.25) is 0 Å². The second-order valence-corrected chi connectivity index (χ2v) is 6.30. The van der Waals surface area contributed by atoms with Gasteiger partial charge in [-0.3, -0.25) is 0 Å². The number of nitrogens with two attached hydrogens (primary N) is 1. The van der Waals surface area contributed by atoms with Gasteiger partial charge in [0.25, 0.3) is 0 Å². The highest BCUT2D eigenvalue weighted by molar-refractivity contribution is 8.00. The van der Waals surface area contributed by atoms with Crippen LogP contribution in [-0.2, 0) is 5.75 Å². The summed E-state index contributed by atoms with van der Waals surface area (Å²) in [5, 5.41) is 0.614. The van der Waals surface area contributed by atoms with Crippen LogP contribution in [0.15, 0.2) is 34.9 Å². The van der Waals surface area contributed by atoms with E-state index in [1.54, 1.807) is 11.8 Å². The van der Waals surface area contributed by atoms with E-state index < -0.39 is 0 Å². The summed E-state index contributed by atoms with van der Waals surface area (Å²) in [6.07, 6.45) is 5.90. The van der Waals surface area contributed by atoms with Gasteiger partial charge in [0, 0.05) is 18.1 Å².